The number of likely N-dealkylation sites (tertiary alicyclic amines) is 1. The molecule has 4 heteroatoms. The quantitative estimate of drug-likeness (QED) is 0.833. The van der Waals surface area contributed by atoms with E-state index in [4.69, 9.17) is 4.98 Å². The second-order valence-electron chi connectivity index (χ2n) is 7.47. The molecule has 1 aromatic carbocycles. The minimum Gasteiger partial charge on any atom is -0.361 e. The summed E-state index contributed by atoms with van der Waals surface area (Å²) in [6.07, 6.45) is 7.49. The molecule has 0 radical (unpaired) electrons. The molecule has 2 atom stereocenters. The predicted octanol–water partition coefficient (Wildman–Crippen LogP) is 4.39. The number of aromatic nitrogens is 1. The third-order valence-electron chi connectivity index (χ3n) is 5.71. The van der Waals surface area contributed by atoms with Crippen LogP contribution in [0.2, 0.25) is 0 Å². The van der Waals surface area contributed by atoms with Gasteiger partial charge in [-0.25, -0.2) is 4.98 Å². The van der Waals surface area contributed by atoms with Gasteiger partial charge in [-0.15, -0.1) is 11.3 Å². The summed E-state index contributed by atoms with van der Waals surface area (Å²) in [5.74, 6) is 0.826. The van der Waals surface area contributed by atoms with E-state index in [-0.39, 0.29) is 0 Å². The molecule has 2 heterocycles. The molecule has 2 aliphatic rings. The van der Waals surface area contributed by atoms with Crippen molar-refractivity contribution in [3.63, 3.8) is 0 Å². The first kappa shape index (κ1) is 17.0. The van der Waals surface area contributed by atoms with Crippen LogP contribution in [-0.2, 0) is 19.3 Å². The van der Waals surface area contributed by atoms with Crippen molar-refractivity contribution >= 4 is 16.5 Å². The van der Waals surface area contributed by atoms with Crippen molar-refractivity contribution in [1.82, 2.24) is 9.88 Å². The highest BCUT2D eigenvalue weighted by atomic mass is 32.1. The molecule has 1 saturated heterocycles. The third-order valence-corrected chi connectivity index (χ3v) is 6.78. The molecule has 0 saturated carbocycles. The molecule has 0 unspecified atom stereocenters. The smallest absolute Gasteiger partial charge is 0.183 e. The van der Waals surface area contributed by atoms with Gasteiger partial charge in [0.25, 0.3) is 0 Å². The zero-order chi connectivity index (χ0) is 17.1. The van der Waals surface area contributed by atoms with Crippen molar-refractivity contribution in [2.24, 2.45) is 5.92 Å². The molecule has 1 aromatic heterocycles. The van der Waals surface area contributed by atoms with Crippen LogP contribution in [0.25, 0.3) is 0 Å². The highest BCUT2D eigenvalue weighted by Gasteiger charge is 2.36. The molecular weight excluding hydrogens is 326 g/mol. The molecule has 1 fully saturated rings. The van der Waals surface area contributed by atoms with Crippen molar-refractivity contribution in [2.45, 2.75) is 51.5 Å². The first-order chi connectivity index (χ1) is 12.3. The molecule has 1 aliphatic heterocycles. The minimum atomic E-state index is 0.763. The maximum atomic E-state index is 4.93. The Labute approximate surface area is 155 Å². The average molecular weight is 356 g/mol. The zero-order valence-corrected chi connectivity index (χ0v) is 16.0. The van der Waals surface area contributed by atoms with E-state index >= 15 is 0 Å². The summed E-state index contributed by atoms with van der Waals surface area (Å²) in [7, 11) is 0. The van der Waals surface area contributed by atoms with Crippen molar-refractivity contribution in [1.29, 1.82) is 0 Å². The molecule has 2 aromatic rings. The molecule has 4 rings (SSSR count). The number of thiazole rings is 1. The first-order valence-electron chi connectivity index (χ1n) is 9.84. The van der Waals surface area contributed by atoms with Gasteiger partial charge < -0.3 is 5.32 Å². The number of hydrogen-bond donors (Lipinski definition) is 1. The van der Waals surface area contributed by atoms with Gasteiger partial charge in [0.1, 0.15) is 0 Å². The largest absolute Gasteiger partial charge is 0.361 e. The van der Waals surface area contributed by atoms with Gasteiger partial charge in [0.15, 0.2) is 5.13 Å². The number of nitrogens with one attached hydrogen (secondary N) is 1. The van der Waals surface area contributed by atoms with E-state index in [0.29, 0.717) is 0 Å². The average Bonchev–Trinajstić information content (AvgIpc) is 3.03. The summed E-state index contributed by atoms with van der Waals surface area (Å²) in [6.45, 7) is 5.83. The lowest BCUT2D eigenvalue weighted by atomic mass is 9.79. The lowest BCUT2D eigenvalue weighted by Gasteiger charge is -2.43. The predicted molar refractivity (Wildman–Crippen MR) is 107 cm³/mol. The monoisotopic (exact) mass is 355 g/mol. The van der Waals surface area contributed by atoms with Gasteiger partial charge in [-0.3, -0.25) is 4.90 Å². The molecule has 25 heavy (non-hydrogen) atoms. The van der Waals surface area contributed by atoms with Crippen LogP contribution in [-0.4, -0.2) is 35.6 Å². The third kappa shape index (κ3) is 3.90. The fraction of sp³-hybridized carbons (Fsp3) is 0.571. The van der Waals surface area contributed by atoms with Crippen LogP contribution in [0, 0.1) is 5.92 Å². The highest BCUT2D eigenvalue weighted by Crippen LogP contribution is 2.38. The Balaban J connectivity index is 1.38. The Morgan fingerprint density at radius 3 is 2.96 bits per heavy atom. The van der Waals surface area contributed by atoms with E-state index in [1.54, 1.807) is 0 Å². The first-order valence-corrected chi connectivity index (χ1v) is 10.7. The van der Waals surface area contributed by atoms with Crippen LogP contribution in [0.5, 0.6) is 0 Å². The van der Waals surface area contributed by atoms with Crippen LogP contribution in [0.1, 0.15) is 42.3 Å². The maximum absolute atomic E-state index is 4.93. The molecule has 0 bridgehead atoms. The summed E-state index contributed by atoms with van der Waals surface area (Å²) in [5, 5.41) is 4.69. The van der Waals surface area contributed by atoms with Crippen LogP contribution >= 0.6 is 11.3 Å². The Kier molecular flexibility index (Phi) is 5.37. The van der Waals surface area contributed by atoms with Crippen molar-refractivity contribution in [3.8, 4) is 0 Å². The number of benzene rings is 1. The van der Waals surface area contributed by atoms with Gasteiger partial charge in [0, 0.05) is 17.5 Å². The van der Waals surface area contributed by atoms with Crippen LogP contribution in [0.3, 0.4) is 0 Å². The zero-order valence-electron chi connectivity index (χ0n) is 15.2. The van der Waals surface area contributed by atoms with E-state index < -0.39 is 0 Å². The van der Waals surface area contributed by atoms with Crippen LogP contribution < -0.4 is 5.32 Å². The normalized spacial score (nSPS) is 23.1. The fourth-order valence-electron chi connectivity index (χ4n) is 4.49. The van der Waals surface area contributed by atoms with Crippen LogP contribution in [0.4, 0.5) is 5.13 Å². The molecule has 0 spiro atoms. The number of fused-ring (bicyclic) bond motifs is 2. The number of rotatable bonds is 6. The number of anilines is 1. The van der Waals surface area contributed by atoms with Crippen molar-refractivity contribution in [3.05, 3.63) is 46.5 Å². The number of hydrogen-bond acceptors (Lipinski definition) is 4. The fourth-order valence-corrected chi connectivity index (χ4v) is 5.55. The number of piperidine rings is 1. The summed E-state index contributed by atoms with van der Waals surface area (Å²) in [4.78, 5) is 9.22. The van der Waals surface area contributed by atoms with E-state index in [0.717, 1.165) is 30.1 Å². The van der Waals surface area contributed by atoms with Gasteiger partial charge in [-0.05, 0) is 63.1 Å². The summed E-state index contributed by atoms with van der Waals surface area (Å²) >= 11 is 1.90. The Hall–Kier alpha value is -1.39. The van der Waals surface area contributed by atoms with Gasteiger partial charge >= 0.3 is 0 Å². The van der Waals surface area contributed by atoms with E-state index in [1.165, 1.54) is 61.3 Å². The van der Waals surface area contributed by atoms with Gasteiger partial charge in [-0.1, -0.05) is 37.3 Å². The van der Waals surface area contributed by atoms with E-state index in [1.807, 2.05) is 11.3 Å². The highest BCUT2D eigenvalue weighted by molar-refractivity contribution is 7.15. The molecule has 1 N–H and O–H groups in total. The van der Waals surface area contributed by atoms with E-state index in [2.05, 4.69) is 47.5 Å². The lowest BCUT2D eigenvalue weighted by molar-refractivity contribution is 0.0857. The molecule has 0 amide bonds. The van der Waals surface area contributed by atoms with Crippen molar-refractivity contribution < 1.29 is 0 Å². The second kappa shape index (κ2) is 7.88. The van der Waals surface area contributed by atoms with E-state index in [9.17, 15) is 0 Å². The molecule has 1 aliphatic carbocycles. The van der Waals surface area contributed by atoms with Crippen LogP contribution in [0.15, 0.2) is 30.3 Å². The standard InChI is InChI=1S/C21H29N3S/c1-2-12-24-13-6-9-17-14-18-20(15-19(17)24)25-21(23-18)22-11-10-16-7-4-3-5-8-16/h3-5,7-8,17,19H,2,6,9-15H2,1H3,(H,22,23)/t17-,19-/m1/s1. The molecule has 3 nitrogen and oxygen atoms in total. The Morgan fingerprint density at radius 2 is 2.12 bits per heavy atom. The van der Waals surface area contributed by atoms with Gasteiger partial charge in [0.05, 0.1) is 5.69 Å². The summed E-state index contributed by atoms with van der Waals surface area (Å²) in [6, 6.07) is 11.5. The maximum Gasteiger partial charge on any atom is 0.183 e. The van der Waals surface area contributed by atoms with Crippen molar-refractivity contribution in [2.75, 3.05) is 25.0 Å². The summed E-state index contributed by atoms with van der Waals surface area (Å²) < 4.78 is 0. The Morgan fingerprint density at radius 1 is 1.24 bits per heavy atom. The Bertz CT molecular complexity index is 680. The second-order valence-corrected chi connectivity index (χ2v) is 8.55. The van der Waals surface area contributed by atoms with Gasteiger partial charge in [-0.2, -0.15) is 0 Å². The number of nitrogens with zero attached hydrogens (tertiary/aromatic N) is 2. The topological polar surface area (TPSA) is 28.2 Å². The molecule has 134 valence electrons. The lowest BCUT2D eigenvalue weighted by Crippen LogP contribution is -2.49. The SMILES string of the molecule is CCCN1CCC[C@@H]2Cc3nc(NCCc4ccccc4)sc3C[C@H]21. The minimum absolute atomic E-state index is 0.763. The molecular formula is C21H29N3S. The van der Waals surface area contributed by atoms with Gasteiger partial charge in [0.2, 0.25) is 0 Å². The summed E-state index contributed by atoms with van der Waals surface area (Å²) in [5.41, 5.74) is 2.77.